The fourth-order valence-corrected chi connectivity index (χ4v) is 5.43. The third kappa shape index (κ3) is 8.42. The normalized spacial score (nSPS) is 12.2. The first-order valence-electron chi connectivity index (χ1n) is 11.3. The molecule has 0 saturated carbocycles. The van der Waals surface area contributed by atoms with E-state index < -0.39 is 16.1 Å². The second-order valence-electron chi connectivity index (χ2n) is 8.12. The lowest BCUT2D eigenvalue weighted by molar-refractivity contribution is -0.141. The summed E-state index contributed by atoms with van der Waals surface area (Å²) in [6.45, 7) is 4.19. The maximum absolute atomic E-state index is 13.4. The molecule has 7 nitrogen and oxygen atoms in total. The molecular formula is C24H29Cl4N3O4S. The summed E-state index contributed by atoms with van der Waals surface area (Å²) in [7, 11) is -3.70. The third-order valence-corrected chi connectivity index (χ3v) is 7.88. The van der Waals surface area contributed by atoms with Crippen molar-refractivity contribution in [3.63, 3.8) is 0 Å². The Hall–Kier alpha value is -1.71. The average Bonchev–Trinajstić information content (AvgIpc) is 2.80. The fraction of sp³-hybridized carbons (Fsp3) is 0.417. The van der Waals surface area contributed by atoms with Gasteiger partial charge in [0.05, 0.1) is 27.0 Å². The van der Waals surface area contributed by atoms with Crippen LogP contribution in [0.5, 0.6) is 0 Å². The second-order valence-corrected chi connectivity index (χ2v) is 11.7. The van der Waals surface area contributed by atoms with E-state index in [0.717, 1.165) is 10.6 Å². The Kier molecular flexibility index (Phi) is 11.6. The van der Waals surface area contributed by atoms with Crippen molar-refractivity contribution >= 4 is 73.9 Å². The van der Waals surface area contributed by atoms with Gasteiger partial charge in [-0.05, 0) is 55.7 Å². The van der Waals surface area contributed by atoms with Gasteiger partial charge < -0.3 is 10.2 Å². The summed E-state index contributed by atoms with van der Waals surface area (Å²) in [5.41, 5.74) is 0.949. The first kappa shape index (κ1) is 30.5. The molecule has 2 aromatic carbocycles. The van der Waals surface area contributed by atoms with Crippen LogP contribution in [-0.4, -0.2) is 50.5 Å². The van der Waals surface area contributed by atoms with Crippen molar-refractivity contribution in [3.05, 3.63) is 62.1 Å². The molecule has 1 N–H and O–H groups in total. The molecule has 2 rings (SSSR count). The Morgan fingerprint density at radius 2 is 1.64 bits per heavy atom. The van der Waals surface area contributed by atoms with Gasteiger partial charge in [-0.2, -0.15) is 0 Å². The zero-order valence-corrected chi connectivity index (χ0v) is 24.1. The average molecular weight is 597 g/mol. The number of hydrogen-bond acceptors (Lipinski definition) is 4. The van der Waals surface area contributed by atoms with E-state index in [1.807, 2.05) is 6.92 Å². The summed E-state index contributed by atoms with van der Waals surface area (Å²) >= 11 is 24.4. The molecule has 0 heterocycles. The van der Waals surface area contributed by atoms with Crippen LogP contribution in [-0.2, 0) is 26.2 Å². The Morgan fingerprint density at radius 3 is 2.22 bits per heavy atom. The van der Waals surface area contributed by atoms with E-state index in [9.17, 15) is 18.0 Å². The van der Waals surface area contributed by atoms with Crippen LogP contribution in [0.1, 0.15) is 38.7 Å². The molecule has 0 unspecified atom stereocenters. The smallest absolute Gasteiger partial charge is 0.242 e. The molecule has 36 heavy (non-hydrogen) atoms. The lowest BCUT2D eigenvalue weighted by Gasteiger charge is -2.31. The van der Waals surface area contributed by atoms with Crippen LogP contribution in [0.15, 0.2) is 36.4 Å². The van der Waals surface area contributed by atoms with Gasteiger partial charge in [0.1, 0.15) is 6.04 Å². The van der Waals surface area contributed by atoms with Crippen molar-refractivity contribution in [2.45, 2.75) is 45.7 Å². The molecule has 1 atom stereocenters. The van der Waals surface area contributed by atoms with E-state index in [-0.39, 0.29) is 48.5 Å². The lowest BCUT2D eigenvalue weighted by atomic mass is 10.1. The molecule has 0 aromatic heterocycles. The molecule has 0 aliphatic rings. The van der Waals surface area contributed by atoms with E-state index in [2.05, 4.69) is 5.32 Å². The van der Waals surface area contributed by atoms with Crippen LogP contribution >= 0.6 is 46.4 Å². The highest BCUT2D eigenvalue weighted by molar-refractivity contribution is 7.92. The number of carbonyl (C=O) groups excluding carboxylic acids is 2. The second kappa shape index (κ2) is 13.7. The molecule has 0 bridgehead atoms. The number of nitrogens with one attached hydrogen (secondary N) is 1. The molecule has 0 spiro atoms. The summed E-state index contributed by atoms with van der Waals surface area (Å²) in [4.78, 5) is 27.6. The van der Waals surface area contributed by atoms with Crippen molar-refractivity contribution < 1.29 is 18.0 Å². The molecule has 0 aliphatic carbocycles. The van der Waals surface area contributed by atoms with Crippen molar-refractivity contribution in [2.75, 3.05) is 23.7 Å². The van der Waals surface area contributed by atoms with E-state index in [4.69, 9.17) is 46.4 Å². The number of nitrogens with zero attached hydrogens (tertiary/aromatic N) is 2. The Balaban J connectivity index is 2.26. The number of hydrogen-bond donors (Lipinski definition) is 1. The molecular weight excluding hydrogens is 568 g/mol. The van der Waals surface area contributed by atoms with Crippen LogP contribution in [0.3, 0.4) is 0 Å². The van der Waals surface area contributed by atoms with Crippen molar-refractivity contribution in [1.29, 1.82) is 0 Å². The maximum atomic E-state index is 13.4. The van der Waals surface area contributed by atoms with Gasteiger partial charge in [-0.3, -0.25) is 13.9 Å². The summed E-state index contributed by atoms with van der Waals surface area (Å²) in [5, 5.41) is 4.05. The number of rotatable bonds is 12. The highest BCUT2D eigenvalue weighted by Crippen LogP contribution is 2.31. The van der Waals surface area contributed by atoms with E-state index >= 15 is 0 Å². The minimum absolute atomic E-state index is 0.00142. The first-order valence-corrected chi connectivity index (χ1v) is 14.7. The van der Waals surface area contributed by atoms with E-state index in [1.54, 1.807) is 31.2 Å². The highest BCUT2D eigenvalue weighted by Gasteiger charge is 2.29. The largest absolute Gasteiger partial charge is 0.355 e. The Bertz CT molecular complexity index is 1190. The maximum Gasteiger partial charge on any atom is 0.242 e. The molecule has 0 aliphatic heterocycles. The Morgan fingerprint density at radius 1 is 0.972 bits per heavy atom. The molecule has 0 fully saturated rings. The Labute approximate surface area is 232 Å². The number of halogens is 4. The number of anilines is 1. The van der Waals surface area contributed by atoms with Crippen LogP contribution in [0.4, 0.5) is 5.69 Å². The monoisotopic (exact) mass is 595 g/mol. The van der Waals surface area contributed by atoms with Gasteiger partial charge in [-0.1, -0.05) is 59.4 Å². The summed E-state index contributed by atoms with van der Waals surface area (Å²) < 4.78 is 26.1. The van der Waals surface area contributed by atoms with Crippen LogP contribution in [0.25, 0.3) is 0 Å². The van der Waals surface area contributed by atoms with Gasteiger partial charge >= 0.3 is 0 Å². The summed E-state index contributed by atoms with van der Waals surface area (Å²) in [6, 6.07) is 8.86. The topological polar surface area (TPSA) is 86.8 Å². The van der Waals surface area contributed by atoms with Crippen LogP contribution in [0, 0.1) is 0 Å². The van der Waals surface area contributed by atoms with Crippen molar-refractivity contribution in [1.82, 2.24) is 10.2 Å². The zero-order chi connectivity index (χ0) is 27.0. The van der Waals surface area contributed by atoms with Crippen LogP contribution in [0.2, 0.25) is 20.1 Å². The van der Waals surface area contributed by atoms with Gasteiger partial charge in [0.15, 0.2) is 0 Å². The number of amides is 2. The quantitative estimate of drug-likeness (QED) is 0.336. The van der Waals surface area contributed by atoms with Gasteiger partial charge in [-0.15, -0.1) is 0 Å². The number of carbonyl (C=O) groups is 2. The lowest BCUT2D eigenvalue weighted by Crippen LogP contribution is -2.49. The number of likely N-dealkylation sites (N-methyl/N-ethyl adjacent to an activating group) is 1. The van der Waals surface area contributed by atoms with E-state index in [1.165, 1.54) is 17.0 Å². The van der Waals surface area contributed by atoms with E-state index in [0.29, 0.717) is 33.6 Å². The number of sulfonamides is 1. The van der Waals surface area contributed by atoms with Gasteiger partial charge in [0, 0.05) is 31.1 Å². The van der Waals surface area contributed by atoms with Gasteiger partial charge in [-0.25, -0.2) is 8.42 Å². The predicted molar refractivity (Wildman–Crippen MR) is 148 cm³/mol. The van der Waals surface area contributed by atoms with Crippen molar-refractivity contribution in [2.24, 2.45) is 0 Å². The zero-order valence-electron chi connectivity index (χ0n) is 20.2. The molecule has 12 heteroatoms. The predicted octanol–water partition coefficient (Wildman–Crippen LogP) is 5.79. The minimum Gasteiger partial charge on any atom is -0.355 e. The SMILES string of the molecule is CCNC(=O)[C@@H](CC)N(Cc1ccc(Cl)c(Cl)c1)C(=O)CCCN(c1cc(Cl)ccc1Cl)S(C)(=O)=O. The van der Waals surface area contributed by atoms with Gasteiger partial charge in [0.25, 0.3) is 0 Å². The minimum atomic E-state index is -3.70. The fourth-order valence-electron chi connectivity index (χ4n) is 3.71. The first-order chi connectivity index (χ1) is 16.9. The molecule has 2 aromatic rings. The molecule has 0 radical (unpaired) electrons. The summed E-state index contributed by atoms with van der Waals surface area (Å²) in [5.74, 6) is -0.568. The standard InChI is InChI=1S/C24H29Cl4N3O4S/c1-4-21(24(33)29-5-2)30(15-16-8-10-18(26)20(28)13-16)23(32)7-6-12-31(36(3,34)35)22-14-17(25)9-11-19(22)27/h8-11,13-14,21H,4-7,12,15H2,1-3H3,(H,29,33)/t21-/m1/s1. The number of benzene rings is 2. The summed E-state index contributed by atoms with van der Waals surface area (Å²) in [6.07, 6.45) is 1.65. The highest BCUT2D eigenvalue weighted by atomic mass is 35.5. The third-order valence-electron chi connectivity index (χ3n) is 5.40. The van der Waals surface area contributed by atoms with Crippen LogP contribution < -0.4 is 9.62 Å². The molecule has 2 amide bonds. The molecule has 0 saturated heterocycles. The molecule has 198 valence electrons. The van der Waals surface area contributed by atoms with Gasteiger partial charge in [0.2, 0.25) is 21.8 Å². The van der Waals surface area contributed by atoms with Crippen molar-refractivity contribution in [3.8, 4) is 0 Å².